The van der Waals surface area contributed by atoms with Gasteiger partial charge in [0, 0.05) is 25.4 Å². The van der Waals surface area contributed by atoms with E-state index in [1.807, 2.05) is 6.92 Å². The van der Waals surface area contributed by atoms with Crippen LogP contribution in [-0.4, -0.2) is 51.2 Å². The molecule has 1 fully saturated rings. The van der Waals surface area contributed by atoms with Gasteiger partial charge in [-0.3, -0.25) is 15.0 Å². The molecule has 128 valence electrons. The molecule has 1 amide bonds. The molecule has 1 saturated heterocycles. The lowest BCUT2D eigenvalue weighted by Crippen LogP contribution is -2.49. The van der Waals surface area contributed by atoms with Crippen LogP contribution in [0, 0.1) is 12.8 Å². The SMILES string of the molecule is CCOC(=O)[C@@H]1CCCN(NC(=O)c2cnc3ccnn3c2C)C1. The third kappa shape index (κ3) is 3.23. The molecule has 1 aliphatic rings. The molecule has 1 aliphatic heterocycles. The maximum absolute atomic E-state index is 12.6. The Morgan fingerprint density at radius 3 is 3.08 bits per heavy atom. The number of esters is 1. The number of ether oxygens (including phenoxy) is 1. The number of piperidine rings is 1. The molecule has 0 aromatic carbocycles. The number of nitrogens with one attached hydrogen (secondary N) is 1. The molecular weight excluding hydrogens is 310 g/mol. The van der Waals surface area contributed by atoms with E-state index in [0.717, 1.165) is 18.5 Å². The molecule has 24 heavy (non-hydrogen) atoms. The number of aryl methyl sites for hydroxylation is 1. The summed E-state index contributed by atoms with van der Waals surface area (Å²) >= 11 is 0. The molecule has 8 nitrogen and oxygen atoms in total. The van der Waals surface area contributed by atoms with Crippen LogP contribution in [0.4, 0.5) is 0 Å². The second kappa shape index (κ2) is 6.96. The summed E-state index contributed by atoms with van der Waals surface area (Å²) < 4.78 is 6.71. The number of aromatic nitrogens is 3. The van der Waals surface area contributed by atoms with Crippen LogP contribution in [0.1, 0.15) is 35.8 Å². The maximum atomic E-state index is 12.6. The van der Waals surface area contributed by atoms with Gasteiger partial charge in [0.2, 0.25) is 0 Å². The minimum atomic E-state index is -0.248. The van der Waals surface area contributed by atoms with Gasteiger partial charge in [-0.05, 0) is 26.7 Å². The predicted molar refractivity (Wildman–Crippen MR) is 86.1 cm³/mol. The van der Waals surface area contributed by atoms with Crippen LogP contribution in [0.2, 0.25) is 0 Å². The first-order chi connectivity index (χ1) is 11.6. The highest BCUT2D eigenvalue weighted by molar-refractivity contribution is 5.94. The van der Waals surface area contributed by atoms with E-state index in [1.54, 1.807) is 34.9 Å². The molecule has 0 radical (unpaired) electrons. The highest BCUT2D eigenvalue weighted by Gasteiger charge is 2.28. The van der Waals surface area contributed by atoms with Crippen LogP contribution in [0.3, 0.4) is 0 Å². The Kier molecular flexibility index (Phi) is 4.75. The van der Waals surface area contributed by atoms with Crippen LogP contribution < -0.4 is 5.43 Å². The first-order valence-electron chi connectivity index (χ1n) is 8.12. The number of nitrogens with zero attached hydrogens (tertiary/aromatic N) is 4. The molecule has 0 saturated carbocycles. The van der Waals surface area contributed by atoms with Crippen molar-refractivity contribution in [1.29, 1.82) is 0 Å². The lowest BCUT2D eigenvalue weighted by atomic mass is 9.99. The highest BCUT2D eigenvalue weighted by Crippen LogP contribution is 2.17. The van der Waals surface area contributed by atoms with Gasteiger partial charge in [0.1, 0.15) is 0 Å². The summed E-state index contributed by atoms with van der Waals surface area (Å²) in [5.41, 5.74) is 4.75. The van der Waals surface area contributed by atoms with E-state index in [4.69, 9.17) is 4.74 Å². The summed E-state index contributed by atoms with van der Waals surface area (Å²) in [4.78, 5) is 28.7. The second-order valence-corrected chi connectivity index (χ2v) is 5.84. The van der Waals surface area contributed by atoms with Gasteiger partial charge < -0.3 is 4.74 Å². The third-order valence-electron chi connectivity index (χ3n) is 4.20. The molecule has 3 heterocycles. The summed E-state index contributed by atoms with van der Waals surface area (Å²) in [5, 5.41) is 5.94. The summed E-state index contributed by atoms with van der Waals surface area (Å²) in [6, 6.07) is 1.78. The van der Waals surface area contributed by atoms with Crippen molar-refractivity contribution in [3.63, 3.8) is 0 Å². The van der Waals surface area contributed by atoms with Gasteiger partial charge in [-0.15, -0.1) is 0 Å². The van der Waals surface area contributed by atoms with E-state index < -0.39 is 0 Å². The van der Waals surface area contributed by atoms with Crippen molar-refractivity contribution < 1.29 is 14.3 Å². The van der Waals surface area contributed by atoms with Crippen LogP contribution in [0.15, 0.2) is 18.5 Å². The molecule has 0 aliphatic carbocycles. The standard InChI is InChI=1S/C16H21N5O3/c1-3-24-16(23)12-5-4-8-20(10-12)19-15(22)13-9-17-14-6-7-18-21(14)11(13)2/h6-7,9,12H,3-5,8,10H2,1-2H3,(H,19,22)/t12-/m1/s1. The Balaban J connectivity index is 1.69. The Bertz CT molecular complexity index is 757. The van der Waals surface area contributed by atoms with Gasteiger partial charge in [0.05, 0.1) is 30.0 Å². The van der Waals surface area contributed by atoms with Gasteiger partial charge in [-0.2, -0.15) is 5.10 Å². The highest BCUT2D eigenvalue weighted by atomic mass is 16.5. The van der Waals surface area contributed by atoms with Gasteiger partial charge in [-0.25, -0.2) is 14.5 Å². The largest absolute Gasteiger partial charge is 0.466 e. The van der Waals surface area contributed by atoms with Crippen LogP contribution >= 0.6 is 0 Å². The van der Waals surface area contributed by atoms with Crippen LogP contribution in [0.5, 0.6) is 0 Å². The van der Waals surface area contributed by atoms with Crippen molar-refractivity contribution in [2.24, 2.45) is 5.92 Å². The Labute approximate surface area is 139 Å². The number of rotatable bonds is 4. The van der Waals surface area contributed by atoms with Gasteiger partial charge in [-0.1, -0.05) is 0 Å². The molecule has 1 atom stereocenters. The Morgan fingerprint density at radius 1 is 1.46 bits per heavy atom. The molecule has 2 aromatic rings. The van der Waals surface area contributed by atoms with Gasteiger partial charge in [0.25, 0.3) is 5.91 Å². The van der Waals surface area contributed by atoms with Crippen LogP contribution in [0.25, 0.3) is 5.65 Å². The minimum absolute atomic E-state index is 0.202. The predicted octanol–water partition coefficient (Wildman–Crippen LogP) is 0.958. The lowest BCUT2D eigenvalue weighted by molar-refractivity contribution is -0.150. The van der Waals surface area contributed by atoms with E-state index >= 15 is 0 Å². The number of fused-ring (bicyclic) bond motifs is 1. The van der Waals surface area contributed by atoms with Gasteiger partial charge in [0.15, 0.2) is 5.65 Å². The van der Waals surface area contributed by atoms with Crippen molar-refractivity contribution >= 4 is 17.5 Å². The summed E-state index contributed by atoms with van der Waals surface area (Å²) in [6.45, 7) is 5.16. The summed E-state index contributed by atoms with van der Waals surface area (Å²) in [6.07, 6.45) is 4.81. The van der Waals surface area contributed by atoms with E-state index in [9.17, 15) is 9.59 Å². The summed E-state index contributed by atoms with van der Waals surface area (Å²) in [5.74, 6) is -0.652. The Morgan fingerprint density at radius 2 is 2.29 bits per heavy atom. The van der Waals surface area contributed by atoms with Crippen molar-refractivity contribution in [2.45, 2.75) is 26.7 Å². The number of amides is 1. The quantitative estimate of drug-likeness (QED) is 0.840. The molecule has 8 heteroatoms. The van der Waals surface area contributed by atoms with Crippen molar-refractivity contribution in [3.8, 4) is 0 Å². The Hall–Kier alpha value is -2.48. The average molecular weight is 331 g/mol. The van der Waals surface area contributed by atoms with Crippen LogP contribution in [-0.2, 0) is 9.53 Å². The minimum Gasteiger partial charge on any atom is -0.466 e. The fourth-order valence-electron chi connectivity index (χ4n) is 2.95. The van der Waals surface area contributed by atoms with Gasteiger partial charge >= 0.3 is 5.97 Å². The maximum Gasteiger partial charge on any atom is 0.310 e. The molecule has 0 bridgehead atoms. The van der Waals surface area contributed by atoms with Crippen molar-refractivity contribution in [3.05, 3.63) is 29.7 Å². The van der Waals surface area contributed by atoms with Crippen molar-refractivity contribution in [1.82, 2.24) is 25.0 Å². The normalized spacial score (nSPS) is 18.5. The molecule has 2 aromatic heterocycles. The van der Waals surface area contributed by atoms with E-state index in [1.165, 1.54) is 0 Å². The first kappa shape index (κ1) is 16.4. The fraction of sp³-hybridized carbons (Fsp3) is 0.500. The molecular formula is C16H21N5O3. The number of hydrazine groups is 1. The van der Waals surface area contributed by atoms with E-state index in [2.05, 4.69) is 15.5 Å². The summed E-state index contributed by atoms with van der Waals surface area (Å²) in [7, 11) is 0. The topological polar surface area (TPSA) is 88.8 Å². The number of carbonyl (C=O) groups excluding carboxylic acids is 2. The van der Waals surface area contributed by atoms with E-state index in [-0.39, 0.29) is 17.8 Å². The zero-order valence-electron chi connectivity index (χ0n) is 13.9. The zero-order chi connectivity index (χ0) is 17.1. The second-order valence-electron chi connectivity index (χ2n) is 5.84. The van der Waals surface area contributed by atoms with E-state index in [0.29, 0.717) is 30.9 Å². The lowest BCUT2D eigenvalue weighted by Gasteiger charge is -2.31. The smallest absolute Gasteiger partial charge is 0.310 e. The number of hydrogen-bond donors (Lipinski definition) is 1. The zero-order valence-corrected chi connectivity index (χ0v) is 13.9. The molecule has 1 N–H and O–H groups in total. The molecule has 0 unspecified atom stereocenters. The van der Waals surface area contributed by atoms with Crippen molar-refractivity contribution in [2.75, 3.05) is 19.7 Å². The third-order valence-corrected chi connectivity index (χ3v) is 4.20. The number of carbonyl (C=O) groups is 2. The number of hydrogen-bond acceptors (Lipinski definition) is 6. The first-order valence-corrected chi connectivity index (χ1v) is 8.12. The monoisotopic (exact) mass is 331 g/mol. The molecule has 0 spiro atoms. The fourth-order valence-corrected chi connectivity index (χ4v) is 2.95. The average Bonchev–Trinajstić information content (AvgIpc) is 3.05. The molecule has 3 rings (SSSR count).